The van der Waals surface area contributed by atoms with Crippen LogP contribution < -0.4 is 10.1 Å². The van der Waals surface area contributed by atoms with Gasteiger partial charge < -0.3 is 10.1 Å². The van der Waals surface area contributed by atoms with Gasteiger partial charge in [-0.25, -0.2) is 12.7 Å². The van der Waals surface area contributed by atoms with Crippen molar-refractivity contribution in [3.63, 3.8) is 0 Å². The number of carbonyl (C=O) groups is 1. The van der Waals surface area contributed by atoms with E-state index in [0.717, 1.165) is 16.9 Å². The summed E-state index contributed by atoms with van der Waals surface area (Å²) in [6.07, 6.45) is 3.30. The third kappa shape index (κ3) is 4.20. The SMILES string of the molecule is Cc1ccc2c(c1)OC(C)(C)C[C@@H]2NC(=O)[C@H]1CCCN(S(C)(=O)=O)C1. The summed E-state index contributed by atoms with van der Waals surface area (Å²) in [6, 6.07) is 5.90. The van der Waals surface area contributed by atoms with Gasteiger partial charge >= 0.3 is 0 Å². The van der Waals surface area contributed by atoms with E-state index in [1.54, 1.807) is 0 Å². The van der Waals surface area contributed by atoms with Crippen molar-refractivity contribution in [2.75, 3.05) is 19.3 Å². The lowest BCUT2D eigenvalue weighted by Crippen LogP contribution is -2.47. The number of fused-ring (bicyclic) bond motifs is 1. The average molecular weight is 381 g/mol. The topological polar surface area (TPSA) is 75.7 Å². The van der Waals surface area contributed by atoms with Crippen LogP contribution >= 0.6 is 0 Å². The van der Waals surface area contributed by atoms with Crippen molar-refractivity contribution in [3.05, 3.63) is 29.3 Å². The fourth-order valence-electron chi connectivity index (χ4n) is 3.83. The number of rotatable bonds is 3. The van der Waals surface area contributed by atoms with Gasteiger partial charge in [-0.15, -0.1) is 0 Å². The molecule has 1 N–H and O–H groups in total. The third-order valence-electron chi connectivity index (χ3n) is 5.17. The third-order valence-corrected chi connectivity index (χ3v) is 6.44. The highest BCUT2D eigenvalue weighted by Crippen LogP contribution is 2.40. The Morgan fingerprint density at radius 3 is 2.77 bits per heavy atom. The van der Waals surface area contributed by atoms with E-state index in [4.69, 9.17) is 4.74 Å². The van der Waals surface area contributed by atoms with Crippen molar-refractivity contribution in [3.8, 4) is 5.75 Å². The Labute approximate surface area is 156 Å². The first-order valence-electron chi connectivity index (χ1n) is 9.10. The second kappa shape index (κ2) is 6.85. The van der Waals surface area contributed by atoms with Crippen molar-refractivity contribution in [2.24, 2.45) is 5.92 Å². The van der Waals surface area contributed by atoms with Crippen LogP contribution in [-0.2, 0) is 14.8 Å². The molecule has 0 radical (unpaired) electrons. The number of hydrogen-bond acceptors (Lipinski definition) is 4. The summed E-state index contributed by atoms with van der Waals surface area (Å²) < 4.78 is 31.1. The maximum absolute atomic E-state index is 12.9. The molecular formula is C19H28N2O4S. The predicted molar refractivity (Wildman–Crippen MR) is 101 cm³/mol. The molecule has 0 bridgehead atoms. The fourth-order valence-corrected chi connectivity index (χ4v) is 4.75. The first-order valence-corrected chi connectivity index (χ1v) is 10.9. The number of hydrogen-bond donors (Lipinski definition) is 1. The first-order chi connectivity index (χ1) is 12.0. The van der Waals surface area contributed by atoms with Crippen LogP contribution in [0.2, 0.25) is 0 Å². The molecule has 1 saturated heterocycles. The number of sulfonamides is 1. The largest absolute Gasteiger partial charge is 0.487 e. The van der Waals surface area contributed by atoms with Gasteiger partial charge in [0.1, 0.15) is 11.4 Å². The van der Waals surface area contributed by atoms with E-state index in [-0.39, 0.29) is 30.0 Å². The lowest BCUT2D eigenvalue weighted by atomic mass is 9.88. The van der Waals surface area contributed by atoms with E-state index >= 15 is 0 Å². The number of nitrogens with zero attached hydrogens (tertiary/aromatic N) is 1. The Balaban J connectivity index is 1.77. The number of carbonyl (C=O) groups excluding carboxylic acids is 1. The van der Waals surface area contributed by atoms with E-state index in [1.807, 2.05) is 39.0 Å². The summed E-state index contributed by atoms with van der Waals surface area (Å²) in [5.74, 6) is 0.430. The summed E-state index contributed by atoms with van der Waals surface area (Å²) in [4.78, 5) is 12.9. The first kappa shape index (κ1) is 19.2. The summed E-state index contributed by atoms with van der Waals surface area (Å²) in [5.41, 5.74) is 1.73. The molecule has 144 valence electrons. The summed E-state index contributed by atoms with van der Waals surface area (Å²) in [6.45, 7) is 6.81. The zero-order valence-corrected chi connectivity index (χ0v) is 16.7. The number of aryl methyl sites for hydroxylation is 1. The highest BCUT2D eigenvalue weighted by Gasteiger charge is 2.37. The zero-order valence-electron chi connectivity index (χ0n) is 15.9. The Kier molecular flexibility index (Phi) is 5.05. The minimum atomic E-state index is -3.26. The smallest absolute Gasteiger partial charge is 0.224 e. The van der Waals surface area contributed by atoms with Crippen molar-refractivity contribution < 1.29 is 17.9 Å². The van der Waals surface area contributed by atoms with Gasteiger partial charge in [0.05, 0.1) is 18.2 Å². The molecule has 1 amide bonds. The Morgan fingerprint density at radius 2 is 2.08 bits per heavy atom. The molecular weight excluding hydrogens is 352 g/mol. The molecule has 2 heterocycles. The molecule has 0 unspecified atom stereocenters. The summed E-state index contributed by atoms with van der Waals surface area (Å²) >= 11 is 0. The molecule has 6 nitrogen and oxygen atoms in total. The highest BCUT2D eigenvalue weighted by molar-refractivity contribution is 7.88. The second-order valence-corrected chi connectivity index (χ2v) is 10.1. The fraction of sp³-hybridized carbons (Fsp3) is 0.632. The molecule has 2 aliphatic heterocycles. The number of ether oxygens (including phenoxy) is 1. The van der Waals surface area contributed by atoms with Crippen molar-refractivity contribution in [1.82, 2.24) is 9.62 Å². The number of nitrogens with one attached hydrogen (secondary N) is 1. The van der Waals surface area contributed by atoms with E-state index in [9.17, 15) is 13.2 Å². The van der Waals surface area contributed by atoms with Crippen LogP contribution in [-0.4, -0.2) is 43.6 Å². The number of amides is 1. The Hall–Kier alpha value is -1.60. The van der Waals surface area contributed by atoms with E-state index in [1.165, 1.54) is 10.6 Å². The molecule has 0 spiro atoms. The molecule has 0 aromatic heterocycles. The van der Waals surface area contributed by atoms with Crippen LogP contribution in [0.15, 0.2) is 18.2 Å². The van der Waals surface area contributed by atoms with E-state index in [0.29, 0.717) is 25.8 Å². The molecule has 26 heavy (non-hydrogen) atoms. The molecule has 0 aliphatic carbocycles. The molecule has 1 aromatic carbocycles. The van der Waals surface area contributed by atoms with Crippen molar-refractivity contribution in [1.29, 1.82) is 0 Å². The molecule has 2 atom stereocenters. The van der Waals surface area contributed by atoms with Gasteiger partial charge in [-0.05, 0) is 45.2 Å². The Morgan fingerprint density at radius 1 is 1.35 bits per heavy atom. The monoisotopic (exact) mass is 380 g/mol. The molecule has 1 fully saturated rings. The predicted octanol–water partition coefficient (Wildman–Crippen LogP) is 2.39. The molecule has 3 rings (SSSR count). The molecule has 7 heteroatoms. The van der Waals surface area contributed by atoms with Crippen LogP contribution in [0, 0.1) is 12.8 Å². The normalized spacial score (nSPS) is 25.8. The van der Waals surface area contributed by atoms with Crippen LogP contribution in [0.5, 0.6) is 5.75 Å². The van der Waals surface area contributed by atoms with Gasteiger partial charge in [-0.2, -0.15) is 0 Å². The van der Waals surface area contributed by atoms with E-state index in [2.05, 4.69) is 5.32 Å². The molecule has 0 saturated carbocycles. The van der Waals surface area contributed by atoms with Crippen LogP contribution in [0.4, 0.5) is 0 Å². The lowest BCUT2D eigenvalue weighted by molar-refractivity contribution is -0.127. The van der Waals surface area contributed by atoms with Gasteiger partial charge in [-0.1, -0.05) is 12.1 Å². The Bertz CT molecular complexity index is 804. The lowest BCUT2D eigenvalue weighted by Gasteiger charge is -2.39. The van der Waals surface area contributed by atoms with Crippen LogP contribution in [0.25, 0.3) is 0 Å². The van der Waals surface area contributed by atoms with Gasteiger partial charge in [0.15, 0.2) is 0 Å². The molecule has 1 aromatic rings. The summed E-state index contributed by atoms with van der Waals surface area (Å²) in [5, 5.41) is 3.15. The minimum Gasteiger partial charge on any atom is -0.487 e. The number of benzene rings is 1. The second-order valence-electron chi connectivity index (χ2n) is 8.13. The van der Waals surface area contributed by atoms with Gasteiger partial charge in [-0.3, -0.25) is 4.79 Å². The maximum Gasteiger partial charge on any atom is 0.224 e. The van der Waals surface area contributed by atoms with E-state index < -0.39 is 10.0 Å². The van der Waals surface area contributed by atoms with Crippen LogP contribution in [0.1, 0.15) is 50.3 Å². The summed E-state index contributed by atoms with van der Waals surface area (Å²) in [7, 11) is -3.26. The van der Waals surface area contributed by atoms with Gasteiger partial charge in [0.25, 0.3) is 0 Å². The zero-order chi connectivity index (χ0) is 19.1. The highest BCUT2D eigenvalue weighted by atomic mass is 32.2. The quantitative estimate of drug-likeness (QED) is 0.874. The van der Waals surface area contributed by atoms with Gasteiger partial charge in [0, 0.05) is 25.1 Å². The maximum atomic E-state index is 12.9. The minimum absolute atomic E-state index is 0.0763. The van der Waals surface area contributed by atoms with Crippen molar-refractivity contribution >= 4 is 15.9 Å². The average Bonchev–Trinajstić information content (AvgIpc) is 2.52. The van der Waals surface area contributed by atoms with Gasteiger partial charge in [0.2, 0.25) is 15.9 Å². The number of piperidine rings is 1. The standard InChI is InChI=1S/C19H28N2O4S/c1-13-7-8-15-16(11-19(2,3)25-17(15)10-13)20-18(22)14-6-5-9-21(12-14)26(4,23)24/h7-8,10,14,16H,5-6,9,11-12H2,1-4H3,(H,20,22)/t14-,16-/m0/s1. The molecule has 2 aliphatic rings. The van der Waals surface area contributed by atoms with Crippen LogP contribution in [0.3, 0.4) is 0 Å². The van der Waals surface area contributed by atoms with Crippen molar-refractivity contribution in [2.45, 2.75) is 51.7 Å².